The summed E-state index contributed by atoms with van der Waals surface area (Å²) in [6, 6.07) is 20.7. The molecule has 49 heavy (non-hydrogen) atoms. The van der Waals surface area contributed by atoms with E-state index in [4.69, 9.17) is 4.74 Å². The molecule has 2 aliphatic heterocycles. The summed E-state index contributed by atoms with van der Waals surface area (Å²) in [4.78, 5) is 26.6. The summed E-state index contributed by atoms with van der Waals surface area (Å²) >= 11 is 0. The summed E-state index contributed by atoms with van der Waals surface area (Å²) in [5.74, 6) is 0.265. The van der Waals surface area contributed by atoms with Gasteiger partial charge < -0.3 is 10.1 Å². The minimum atomic E-state index is -4.35. The lowest BCUT2D eigenvalue weighted by molar-refractivity contribution is -0.384. The van der Waals surface area contributed by atoms with Crippen molar-refractivity contribution in [1.29, 1.82) is 0 Å². The van der Waals surface area contributed by atoms with Gasteiger partial charge in [0, 0.05) is 43.5 Å². The van der Waals surface area contributed by atoms with Crippen LogP contribution in [0.25, 0.3) is 5.57 Å². The number of allylic oxidation sites excluding steroid dienone is 1. The highest BCUT2D eigenvalue weighted by Gasteiger charge is 2.36. The van der Waals surface area contributed by atoms with Gasteiger partial charge in [0.05, 0.1) is 9.82 Å². The van der Waals surface area contributed by atoms with Gasteiger partial charge in [-0.3, -0.25) is 19.8 Å². The van der Waals surface area contributed by atoms with Crippen LogP contribution in [0.5, 0.6) is 0 Å². The Hall–Kier alpha value is -4.06. The van der Waals surface area contributed by atoms with Crippen molar-refractivity contribution in [2.75, 3.05) is 31.6 Å². The van der Waals surface area contributed by atoms with Crippen LogP contribution in [-0.2, 0) is 14.8 Å². The Morgan fingerprint density at radius 3 is 2.39 bits per heavy atom. The molecule has 3 aromatic rings. The quantitative estimate of drug-likeness (QED) is 0.160. The van der Waals surface area contributed by atoms with Gasteiger partial charge in [-0.15, -0.1) is 0 Å². The number of rotatable bonds is 11. The van der Waals surface area contributed by atoms with Gasteiger partial charge in [-0.25, -0.2) is 13.1 Å². The van der Waals surface area contributed by atoms with Gasteiger partial charge in [-0.2, -0.15) is 0 Å². The zero-order chi connectivity index (χ0) is 34.0. The number of hydrogen-bond donors (Lipinski definition) is 2. The minimum absolute atomic E-state index is 0.195. The van der Waals surface area contributed by atoms with Crippen molar-refractivity contribution in [3.63, 3.8) is 0 Å². The average Bonchev–Trinajstić information content (AvgIpc) is 3.86. The van der Waals surface area contributed by atoms with Crippen LogP contribution in [0.15, 0.2) is 77.7 Å². The molecule has 1 amide bonds. The van der Waals surface area contributed by atoms with Crippen molar-refractivity contribution in [3.05, 3.63) is 105 Å². The van der Waals surface area contributed by atoms with Gasteiger partial charge in [-0.1, -0.05) is 42.5 Å². The number of nitro groups is 1. The molecule has 7 rings (SSSR count). The first-order valence-electron chi connectivity index (χ1n) is 17.6. The molecule has 2 N–H and O–H groups in total. The fraction of sp³-hybridized carbons (Fsp3) is 0.447. The van der Waals surface area contributed by atoms with Crippen molar-refractivity contribution >= 4 is 32.9 Å². The smallest absolute Gasteiger partial charge is 0.293 e. The molecule has 3 aromatic carbocycles. The van der Waals surface area contributed by atoms with Gasteiger partial charge in [0.15, 0.2) is 0 Å². The molecule has 3 fully saturated rings. The molecular weight excluding hydrogens is 641 g/mol. The van der Waals surface area contributed by atoms with E-state index in [1.807, 2.05) is 12.1 Å². The molecular formula is C38H44N4O6S. The number of nitrogens with zero attached hydrogens (tertiary/aromatic N) is 2. The van der Waals surface area contributed by atoms with E-state index in [1.165, 1.54) is 49.0 Å². The van der Waals surface area contributed by atoms with Crippen molar-refractivity contribution in [1.82, 2.24) is 9.62 Å². The Kier molecular flexibility index (Phi) is 9.84. The van der Waals surface area contributed by atoms with Gasteiger partial charge in [-0.05, 0) is 123 Å². The van der Waals surface area contributed by atoms with Crippen LogP contribution < -0.4 is 10.0 Å². The molecule has 0 bridgehead atoms. The summed E-state index contributed by atoms with van der Waals surface area (Å²) in [7, 11) is -4.35. The Bertz CT molecular complexity index is 1830. The molecule has 4 aliphatic rings. The van der Waals surface area contributed by atoms with E-state index in [0.717, 1.165) is 56.2 Å². The minimum Gasteiger partial charge on any atom is -0.381 e. The summed E-state index contributed by atoms with van der Waals surface area (Å²) in [6.45, 7) is 2.97. The number of carbonyl (C=O) groups is 1. The number of hydrogen-bond acceptors (Lipinski definition) is 8. The van der Waals surface area contributed by atoms with E-state index in [9.17, 15) is 23.3 Å². The van der Waals surface area contributed by atoms with E-state index in [0.29, 0.717) is 37.8 Å². The molecule has 2 atom stereocenters. The Balaban J connectivity index is 0.975. The number of carbonyl (C=O) groups excluding carboxylic acids is 1. The SMILES string of the molecule is O=C(NS(=O)(=O)c1ccc(NCC2CCOCC2)c([N+](=O)[O-])c1)c1ccc(C2=CCC(N3CCCC3c3ccccc3C3CC3)CC2)cc1. The van der Waals surface area contributed by atoms with Gasteiger partial charge in [0.1, 0.15) is 5.69 Å². The van der Waals surface area contributed by atoms with Crippen LogP contribution in [0.2, 0.25) is 0 Å². The molecule has 0 aromatic heterocycles. The predicted molar refractivity (Wildman–Crippen MR) is 189 cm³/mol. The number of benzene rings is 3. The molecule has 2 unspecified atom stereocenters. The van der Waals surface area contributed by atoms with Crippen LogP contribution in [0.1, 0.15) is 96.8 Å². The highest BCUT2D eigenvalue weighted by atomic mass is 32.2. The lowest BCUT2D eigenvalue weighted by Crippen LogP contribution is -2.36. The van der Waals surface area contributed by atoms with Crippen LogP contribution in [-0.4, -0.2) is 56.5 Å². The zero-order valence-electron chi connectivity index (χ0n) is 27.7. The van der Waals surface area contributed by atoms with E-state index >= 15 is 0 Å². The number of sulfonamides is 1. The maximum atomic E-state index is 13.1. The largest absolute Gasteiger partial charge is 0.381 e. The van der Waals surface area contributed by atoms with Crippen molar-refractivity contribution in [2.45, 2.75) is 80.7 Å². The highest BCUT2D eigenvalue weighted by molar-refractivity contribution is 7.90. The fourth-order valence-electron chi connectivity index (χ4n) is 7.78. The topological polar surface area (TPSA) is 131 Å². The molecule has 258 valence electrons. The summed E-state index contributed by atoms with van der Waals surface area (Å²) < 4.78 is 33.7. The number of nitrogens with one attached hydrogen (secondary N) is 2. The number of nitro benzene ring substituents is 1. The average molecular weight is 685 g/mol. The lowest BCUT2D eigenvalue weighted by atomic mass is 9.88. The van der Waals surface area contributed by atoms with E-state index < -0.39 is 20.9 Å². The summed E-state index contributed by atoms with van der Waals surface area (Å²) in [5.41, 5.74) is 5.41. The van der Waals surface area contributed by atoms with Gasteiger partial charge in [0.25, 0.3) is 21.6 Å². The van der Waals surface area contributed by atoms with Crippen LogP contribution >= 0.6 is 0 Å². The van der Waals surface area contributed by atoms with Crippen LogP contribution in [0.3, 0.4) is 0 Å². The first-order chi connectivity index (χ1) is 23.8. The van der Waals surface area contributed by atoms with Gasteiger partial charge in [0.2, 0.25) is 0 Å². The second-order valence-electron chi connectivity index (χ2n) is 13.8. The van der Waals surface area contributed by atoms with Crippen molar-refractivity contribution in [3.8, 4) is 0 Å². The van der Waals surface area contributed by atoms with Crippen molar-refractivity contribution in [2.24, 2.45) is 5.92 Å². The molecule has 0 spiro atoms. The monoisotopic (exact) mass is 684 g/mol. The van der Waals surface area contributed by atoms with Crippen LogP contribution in [0.4, 0.5) is 11.4 Å². The fourth-order valence-corrected chi connectivity index (χ4v) is 8.78. The number of anilines is 1. The number of amides is 1. The Morgan fingerprint density at radius 1 is 0.939 bits per heavy atom. The van der Waals surface area contributed by atoms with E-state index in [2.05, 4.69) is 45.3 Å². The van der Waals surface area contributed by atoms with Crippen LogP contribution in [0, 0.1) is 16.0 Å². The zero-order valence-corrected chi connectivity index (χ0v) is 28.5. The summed E-state index contributed by atoms with van der Waals surface area (Å²) in [6.07, 6.45) is 12.1. The molecule has 11 heteroatoms. The van der Waals surface area contributed by atoms with E-state index in [1.54, 1.807) is 17.7 Å². The first kappa shape index (κ1) is 33.4. The normalized spacial score (nSPS) is 22.0. The number of likely N-dealkylation sites (tertiary alicyclic amines) is 1. The second-order valence-corrected chi connectivity index (χ2v) is 15.5. The Labute approximate surface area is 288 Å². The van der Waals surface area contributed by atoms with E-state index in [-0.39, 0.29) is 21.8 Å². The molecule has 2 saturated heterocycles. The summed E-state index contributed by atoms with van der Waals surface area (Å²) in [5, 5.41) is 14.9. The molecule has 2 heterocycles. The predicted octanol–water partition coefficient (Wildman–Crippen LogP) is 7.20. The second kappa shape index (κ2) is 14.4. The standard InChI is InChI=1S/C38H44N4O6S/c43-38(40-49(46,47)32-17-18-35(37(24-32)42(44)45)39-25-26-19-22-48-23-20-26)30-11-7-27(8-12-30)28-13-15-31(16-14-28)41-21-3-6-36(41)34-5-2-1-4-33(34)29-9-10-29/h1-2,4-5,7-8,11-13,17-18,24,26,29,31,36,39H,3,6,9-10,14-16,19-23,25H2,(H,40,43). The lowest BCUT2D eigenvalue weighted by Gasteiger charge is -2.36. The third-order valence-corrected chi connectivity index (χ3v) is 12.0. The molecule has 2 aliphatic carbocycles. The third kappa shape index (κ3) is 7.59. The maximum Gasteiger partial charge on any atom is 0.293 e. The first-order valence-corrected chi connectivity index (χ1v) is 19.1. The van der Waals surface area contributed by atoms with Crippen molar-refractivity contribution < 1.29 is 22.9 Å². The van der Waals surface area contributed by atoms with Gasteiger partial charge >= 0.3 is 0 Å². The Morgan fingerprint density at radius 2 is 1.69 bits per heavy atom. The molecule has 10 nitrogen and oxygen atoms in total. The molecule has 0 radical (unpaired) electrons. The third-order valence-electron chi connectivity index (χ3n) is 10.7. The highest BCUT2D eigenvalue weighted by Crippen LogP contribution is 2.47. The number of ether oxygens (including phenoxy) is 1. The molecule has 1 saturated carbocycles. The maximum absolute atomic E-state index is 13.1.